The number of nitrogens with zero attached hydrogens (tertiary/aromatic N) is 4. The van der Waals surface area contributed by atoms with Crippen molar-refractivity contribution in [2.24, 2.45) is 12.8 Å². The van der Waals surface area contributed by atoms with E-state index in [1.807, 2.05) is 0 Å². The standard InChI is InChI=1S/C13H19N5/c1-9(2)10-4-6-11(7-5-10)12(8-14)13-15-17-18(3)16-13/h4-7,9,12H,8,14H2,1-3H3. The minimum atomic E-state index is 0.0138. The third kappa shape index (κ3) is 2.56. The van der Waals surface area contributed by atoms with Crippen molar-refractivity contribution in [1.82, 2.24) is 20.2 Å². The van der Waals surface area contributed by atoms with Crippen LogP contribution in [0.5, 0.6) is 0 Å². The highest BCUT2D eigenvalue weighted by molar-refractivity contribution is 5.30. The number of rotatable bonds is 4. The second-order valence-electron chi connectivity index (χ2n) is 4.75. The molecule has 18 heavy (non-hydrogen) atoms. The largest absolute Gasteiger partial charge is 0.329 e. The third-order valence-electron chi connectivity index (χ3n) is 3.08. The van der Waals surface area contributed by atoms with Gasteiger partial charge in [-0.2, -0.15) is 4.80 Å². The highest BCUT2D eigenvalue weighted by Gasteiger charge is 2.17. The first-order chi connectivity index (χ1) is 8.61. The number of tetrazole rings is 1. The SMILES string of the molecule is CC(C)c1ccc(C(CN)c2nnn(C)n2)cc1. The summed E-state index contributed by atoms with van der Waals surface area (Å²) in [7, 11) is 1.76. The molecule has 0 fully saturated rings. The molecule has 0 bridgehead atoms. The van der Waals surface area contributed by atoms with Crippen molar-refractivity contribution in [2.45, 2.75) is 25.7 Å². The molecule has 1 atom stereocenters. The van der Waals surface area contributed by atoms with Crippen LogP contribution < -0.4 is 5.73 Å². The summed E-state index contributed by atoms with van der Waals surface area (Å²) >= 11 is 0. The van der Waals surface area contributed by atoms with E-state index in [9.17, 15) is 0 Å². The summed E-state index contributed by atoms with van der Waals surface area (Å²) in [6, 6.07) is 8.48. The molecular formula is C13H19N5. The van der Waals surface area contributed by atoms with Gasteiger partial charge in [0.2, 0.25) is 0 Å². The first kappa shape index (κ1) is 12.7. The van der Waals surface area contributed by atoms with Crippen LogP contribution in [0.15, 0.2) is 24.3 Å². The van der Waals surface area contributed by atoms with Crippen molar-refractivity contribution in [3.63, 3.8) is 0 Å². The highest BCUT2D eigenvalue weighted by atomic mass is 15.6. The van der Waals surface area contributed by atoms with E-state index in [2.05, 4.69) is 53.5 Å². The molecule has 0 aliphatic heterocycles. The van der Waals surface area contributed by atoms with Crippen LogP contribution in [0.3, 0.4) is 0 Å². The maximum absolute atomic E-state index is 5.83. The average Bonchev–Trinajstić information content (AvgIpc) is 2.77. The van der Waals surface area contributed by atoms with Gasteiger partial charge in [-0.25, -0.2) is 0 Å². The van der Waals surface area contributed by atoms with Crippen LogP contribution >= 0.6 is 0 Å². The fraction of sp³-hybridized carbons (Fsp3) is 0.462. The maximum atomic E-state index is 5.83. The number of hydrogen-bond acceptors (Lipinski definition) is 4. The van der Waals surface area contributed by atoms with E-state index < -0.39 is 0 Å². The Bertz CT molecular complexity index is 500. The summed E-state index contributed by atoms with van der Waals surface area (Å²) in [6.07, 6.45) is 0. The number of hydrogen-bond donors (Lipinski definition) is 1. The van der Waals surface area contributed by atoms with Crippen LogP contribution in [0, 0.1) is 0 Å². The minimum absolute atomic E-state index is 0.0138. The Kier molecular flexibility index (Phi) is 3.72. The molecule has 1 aromatic heterocycles. The Morgan fingerprint density at radius 2 is 1.78 bits per heavy atom. The lowest BCUT2D eigenvalue weighted by molar-refractivity contribution is 0.624. The van der Waals surface area contributed by atoms with Gasteiger partial charge in [-0.1, -0.05) is 38.1 Å². The monoisotopic (exact) mass is 245 g/mol. The molecule has 2 rings (SSSR count). The maximum Gasteiger partial charge on any atom is 0.183 e. The zero-order chi connectivity index (χ0) is 13.1. The zero-order valence-electron chi connectivity index (χ0n) is 11.0. The van der Waals surface area contributed by atoms with Crippen LogP contribution in [-0.2, 0) is 7.05 Å². The van der Waals surface area contributed by atoms with E-state index in [1.54, 1.807) is 7.05 Å². The number of aromatic nitrogens is 4. The molecule has 2 N–H and O–H groups in total. The summed E-state index contributed by atoms with van der Waals surface area (Å²) in [6.45, 7) is 4.84. The van der Waals surface area contributed by atoms with Crippen molar-refractivity contribution in [3.8, 4) is 0 Å². The van der Waals surface area contributed by atoms with Crippen molar-refractivity contribution in [3.05, 3.63) is 41.2 Å². The second-order valence-corrected chi connectivity index (χ2v) is 4.75. The van der Waals surface area contributed by atoms with E-state index in [1.165, 1.54) is 10.4 Å². The molecule has 0 saturated heterocycles. The fourth-order valence-electron chi connectivity index (χ4n) is 1.94. The normalized spacial score (nSPS) is 12.9. The molecule has 5 nitrogen and oxygen atoms in total. The predicted octanol–water partition coefficient (Wildman–Crippen LogP) is 1.42. The Balaban J connectivity index is 2.28. The Hall–Kier alpha value is -1.75. The summed E-state index contributed by atoms with van der Waals surface area (Å²) in [5, 5.41) is 12.1. The first-order valence-electron chi connectivity index (χ1n) is 6.15. The molecule has 0 spiro atoms. The third-order valence-corrected chi connectivity index (χ3v) is 3.08. The smallest absolute Gasteiger partial charge is 0.183 e. The van der Waals surface area contributed by atoms with E-state index in [-0.39, 0.29) is 5.92 Å². The molecule has 1 unspecified atom stereocenters. The number of nitrogens with two attached hydrogens (primary N) is 1. The van der Waals surface area contributed by atoms with Crippen LogP contribution in [0.1, 0.15) is 42.6 Å². The average molecular weight is 245 g/mol. The van der Waals surface area contributed by atoms with Crippen molar-refractivity contribution < 1.29 is 0 Å². The lowest BCUT2D eigenvalue weighted by atomic mass is 9.95. The number of aryl methyl sites for hydroxylation is 1. The zero-order valence-corrected chi connectivity index (χ0v) is 11.0. The molecule has 0 radical (unpaired) electrons. The van der Waals surface area contributed by atoms with Gasteiger partial charge in [-0.3, -0.25) is 0 Å². The quantitative estimate of drug-likeness (QED) is 0.884. The first-order valence-corrected chi connectivity index (χ1v) is 6.15. The lowest BCUT2D eigenvalue weighted by Gasteiger charge is -2.12. The summed E-state index contributed by atoms with van der Waals surface area (Å²) in [4.78, 5) is 1.46. The van der Waals surface area contributed by atoms with E-state index >= 15 is 0 Å². The van der Waals surface area contributed by atoms with Crippen LogP contribution in [0.4, 0.5) is 0 Å². The molecule has 0 aliphatic carbocycles. The van der Waals surface area contributed by atoms with E-state index in [4.69, 9.17) is 5.73 Å². The topological polar surface area (TPSA) is 69.6 Å². The van der Waals surface area contributed by atoms with Crippen LogP contribution in [-0.4, -0.2) is 26.8 Å². The molecule has 1 heterocycles. The van der Waals surface area contributed by atoms with E-state index in [0.29, 0.717) is 18.3 Å². The summed E-state index contributed by atoms with van der Waals surface area (Å²) in [5.74, 6) is 1.22. The fourth-order valence-corrected chi connectivity index (χ4v) is 1.94. The molecule has 0 amide bonds. The molecule has 1 aromatic carbocycles. The van der Waals surface area contributed by atoms with Crippen molar-refractivity contribution >= 4 is 0 Å². The van der Waals surface area contributed by atoms with Crippen molar-refractivity contribution in [2.75, 3.05) is 6.54 Å². The van der Waals surface area contributed by atoms with Gasteiger partial charge >= 0.3 is 0 Å². The minimum Gasteiger partial charge on any atom is -0.329 e. The molecular weight excluding hydrogens is 226 g/mol. The van der Waals surface area contributed by atoms with Gasteiger partial charge in [0.05, 0.1) is 13.0 Å². The van der Waals surface area contributed by atoms with Gasteiger partial charge in [0.25, 0.3) is 0 Å². The molecule has 0 aliphatic rings. The predicted molar refractivity (Wildman–Crippen MR) is 70.2 cm³/mol. The van der Waals surface area contributed by atoms with Gasteiger partial charge < -0.3 is 5.73 Å². The van der Waals surface area contributed by atoms with Gasteiger partial charge in [-0.05, 0) is 22.3 Å². The molecule has 96 valence electrons. The lowest BCUT2D eigenvalue weighted by Crippen LogP contribution is -2.15. The molecule has 5 heteroatoms. The van der Waals surface area contributed by atoms with Gasteiger partial charge in [0.1, 0.15) is 0 Å². The second kappa shape index (κ2) is 5.27. The van der Waals surface area contributed by atoms with Gasteiger partial charge in [0, 0.05) is 6.54 Å². The number of benzene rings is 1. The van der Waals surface area contributed by atoms with Gasteiger partial charge in [0.15, 0.2) is 5.82 Å². The van der Waals surface area contributed by atoms with Crippen molar-refractivity contribution in [1.29, 1.82) is 0 Å². The Morgan fingerprint density at radius 1 is 1.17 bits per heavy atom. The molecule has 2 aromatic rings. The Morgan fingerprint density at radius 3 is 2.22 bits per heavy atom. The summed E-state index contributed by atoms with van der Waals surface area (Å²) in [5.41, 5.74) is 8.28. The summed E-state index contributed by atoms with van der Waals surface area (Å²) < 4.78 is 0. The van der Waals surface area contributed by atoms with Crippen LogP contribution in [0.25, 0.3) is 0 Å². The Labute approximate surface area is 107 Å². The van der Waals surface area contributed by atoms with Crippen LogP contribution in [0.2, 0.25) is 0 Å². The highest BCUT2D eigenvalue weighted by Crippen LogP contribution is 2.22. The molecule has 0 saturated carbocycles. The van der Waals surface area contributed by atoms with Gasteiger partial charge in [-0.15, -0.1) is 10.2 Å². The van der Waals surface area contributed by atoms with E-state index in [0.717, 1.165) is 5.56 Å².